The number of carbonyl (C=O) groups excluding carboxylic acids is 1. The summed E-state index contributed by atoms with van der Waals surface area (Å²) < 4.78 is 4.64. The molecule has 2 fully saturated rings. The summed E-state index contributed by atoms with van der Waals surface area (Å²) in [7, 11) is 0. The van der Waals surface area contributed by atoms with E-state index < -0.39 is 5.97 Å². The molecule has 2 saturated carbocycles. The van der Waals surface area contributed by atoms with Gasteiger partial charge >= 0.3 is 5.97 Å². The highest BCUT2D eigenvalue weighted by molar-refractivity contribution is 5.95. The van der Waals surface area contributed by atoms with Crippen molar-refractivity contribution in [2.75, 3.05) is 0 Å². The topological polar surface area (TPSA) is 92.4 Å². The fourth-order valence-electron chi connectivity index (χ4n) is 4.35. The highest BCUT2D eigenvalue weighted by Crippen LogP contribution is 2.62. The Morgan fingerprint density at radius 3 is 2.67 bits per heavy atom. The highest BCUT2D eigenvalue weighted by Gasteiger charge is 2.59. The first-order valence-electron chi connectivity index (χ1n) is 7.25. The number of carboxylic acid groups (broad SMARTS) is 1. The van der Waals surface area contributed by atoms with Crippen LogP contribution < -0.4 is 5.32 Å². The molecule has 114 valence electrons. The van der Waals surface area contributed by atoms with Gasteiger partial charge in [0.15, 0.2) is 5.69 Å². The van der Waals surface area contributed by atoms with Crippen LogP contribution in [0.5, 0.6) is 0 Å². The minimum atomic E-state index is -1.23. The molecular weight excluding hydrogens is 272 g/mol. The Morgan fingerprint density at radius 2 is 2.14 bits per heavy atom. The van der Waals surface area contributed by atoms with Crippen LogP contribution in [0.4, 0.5) is 0 Å². The smallest absolute Gasteiger partial charge is 0.374 e. The van der Waals surface area contributed by atoms with Gasteiger partial charge in [0.05, 0.1) is 0 Å². The van der Waals surface area contributed by atoms with Gasteiger partial charge in [-0.1, -0.05) is 25.9 Å². The molecule has 0 aliphatic heterocycles. The van der Waals surface area contributed by atoms with Crippen LogP contribution in [-0.2, 0) is 0 Å². The van der Waals surface area contributed by atoms with E-state index in [0.29, 0.717) is 5.92 Å². The van der Waals surface area contributed by atoms with Gasteiger partial charge in [-0.3, -0.25) is 4.79 Å². The molecule has 21 heavy (non-hydrogen) atoms. The molecule has 3 unspecified atom stereocenters. The monoisotopic (exact) mass is 292 g/mol. The summed E-state index contributed by atoms with van der Waals surface area (Å²) in [6.07, 6.45) is 3.46. The number of carbonyl (C=O) groups is 2. The van der Waals surface area contributed by atoms with Crippen LogP contribution >= 0.6 is 0 Å². The van der Waals surface area contributed by atoms with Gasteiger partial charge in [0, 0.05) is 12.1 Å². The number of hydrogen-bond donors (Lipinski definition) is 2. The molecule has 3 rings (SSSR count). The van der Waals surface area contributed by atoms with Crippen molar-refractivity contribution >= 4 is 11.9 Å². The molecule has 3 atom stereocenters. The maximum absolute atomic E-state index is 12.3. The summed E-state index contributed by atoms with van der Waals surface area (Å²) in [4.78, 5) is 23.1. The molecular formula is C15H20N2O4. The maximum Gasteiger partial charge on any atom is 0.374 e. The third kappa shape index (κ3) is 2.04. The lowest BCUT2D eigenvalue weighted by Crippen LogP contribution is -2.52. The van der Waals surface area contributed by atoms with Crippen LogP contribution in [0.25, 0.3) is 0 Å². The van der Waals surface area contributed by atoms with Gasteiger partial charge < -0.3 is 14.9 Å². The quantitative estimate of drug-likeness (QED) is 0.891. The van der Waals surface area contributed by atoms with Crippen molar-refractivity contribution in [1.29, 1.82) is 0 Å². The summed E-state index contributed by atoms with van der Waals surface area (Å²) in [5.74, 6) is -1.29. The average Bonchev–Trinajstić information content (AvgIpc) is 3.05. The van der Waals surface area contributed by atoms with E-state index in [1.807, 2.05) is 0 Å². The van der Waals surface area contributed by atoms with Crippen LogP contribution in [0.2, 0.25) is 0 Å². The van der Waals surface area contributed by atoms with Crippen LogP contribution in [-0.4, -0.2) is 28.2 Å². The number of aromatic nitrogens is 1. The summed E-state index contributed by atoms with van der Waals surface area (Å²) in [5, 5.41) is 15.4. The molecule has 0 saturated heterocycles. The standard InChI is InChI=1S/C15H20N2O4/c1-14(2)8-4-5-15(3,7-8)13(14)16-11(18)9-6-10(12(19)20)21-17-9/h6,8,13H,4-5,7H2,1-3H3,(H,16,18)(H,19,20). The zero-order valence-electron chi connectivity index (χ0n) is 12.5. The largest absolute Gasteiger partial charge is 0.475 e. The first-order valence-corrected chi connectivity index (χ1v) is 7.25. The second kappa shape index (κ2) is 4.32. The van der Waals surface area contributed by atoms with Gasteiger partial charge in [-0.2, -0.15) is 0 Å². The summed E-state index contributed by atoms with van der Waals surface area (Å²) in [6, 6.07) is 1.24. The summed E-state index contributed by atoms with van der Waals surface area (Å²) in [5.41, 5.74) is 0.181. The summed E-state index contributed by atoms with van der Waals surface area (Å²) in [6.45, 7) is 6.61. The molecule has 1 aromatic rings. The van der Waals surface area contributed by atoms with E-state index in [4.69, 9.17) is 5.11 Å². The van der Waals surface area contributed by atoms with Crippen LogP contribution in [0.3, 0.4) is 0 Å². The Morgan fingerprint density at radius 1 is 1.43 bits per heavy atom. The number of fused-ring (bicyclic) bond motifs is 2. The predicted octanol–water partition coefficient (Wildman–Crippen LogP) is 2.32. The number of nitrogens with one attached hydrogen (secondary N) is 1. The van der Waals surface area contributed by atoms with Gasteiger partial charge in [0.25, 0.3) is 5.91 Å². The normalized spacial score (nSPS) is 33.1. The predicted molar refractivity (Wildman–Crippen MR) is 73.9 cm³/mol. The lowest BCUT2D eigenvalue weighted by atomic mass is 9.68. The van der Waals surface area contributed by atoms with Gasteiger partial charge in [-0.25, -0.2) is 4.79 Å². The molecule has 2 bridgehead atoms. The van der Waals surface area contributed by atoms with Gasteiger partial charge in [-0.15, -0.1) is 0 Å². The second-order valence-corrected chi connectivity index (χ2v) is 7.20. The van der Waals surface area contributed by atoms with E-state index in [2.05, 4.69) is 35.8 Å². The molecule has 2 aliphatic carbocycles. The maximum atomic E-state index is 12.3. The molecule has 0 radical (unpaired) electrons. The fraction of sp³-hybridized carbons (Fsp3) is 0.667. The van der Waals surface area contributed by atoms with Crippen LogP contribution in [0, 0.1) is 16.7 Å². The van der Waals surface area contributed by atoms with Crippen molar-refractivity contribution in [3.05, 3.63) is 17.5 Å². The minimum Gasteiger partial charge on any atom is -0.475 e. The fourth-order valence-corrected chi connectivity index (χ4v) is 4.35. The Labute approximate surface area is 122 Å². The number of hydrogen-bond acceptors (Lipinski definition) is 4. The Hall–Kier alpha value is -1.85. The zero-order valence-corrected chi connectivity index (χ0v) is 12.5. The van der Waals surface area contributed by atoms with E-state index in [9.17, 15) is 9.59 Å². The van der Waals surface area contributed by atoms with Crippen molar-refractivity contribution in [3.63, 3.8) is 0 Å². The Bertz CT molecular complexity index is 602. The highest BCUT2D eigenvalue weighted by atomic mass is 16.5. The molecule has 0 aromatic carbocycles. The van der Waals surface area contributed by atoms with Gasteiger partial charge in [-0.05, 0) is 36.0 Å². The molecule has 1 heterocycles. The van der Waals surface area contributed by atoms with E-state index >= 15 is 0 Å². The number of rotatable bonds is 3. The lowest BCUT2D eigenvalue weighted by molar-refractivity contribution is 0.0649. The number of aromatic carboxylic acids is 1. The molecule has 2 N–H and O–H groups in total. The second-order valence-electron chi connectivity index (χ2n) is 7.20. The Balaban J connectivity index is 1.79. The number of amides is 1. The van der Waals surface area contributed by atoms with Gasteiger partial charge in [0.1, 0.15) is 0 Å². The van der Waals surface area contributed by atoms with E-state index in [1.165, 1.54) is 12.5 Å². The molecule has 6 heteroatoms. The molecule has 1 aromatic heterocycles. The minimum absolute atomic E-state index is 0.0228. The molecule has 0 spiro atoms. The van der Waals surface area contributed by atoms with Crippen LogP contribution in [0.1, 0.15) is 61.1 Å². The summed E-state index contributed by atoms with van der Waals surface area (Å²) >= 11 is 0. The van der Waals surface area contributed by atoms with E-state index in [0.717, 1.165) is 12.8 Å². The van der Waals surface area contributed by atoms with Crippen molar-refractivity contribution in [2.24, 2.45) is 16.7 Å². The third-order valence-corrected chi connectivity index (χ3v) is 5.50. The first-order chi connectivity index (χ1) is 9.74. The number of carboxylic acids is 1. The lowest BCUT2D eigenvalue weighted by Gasteiger charge is -2.42. The average molecular weight is 292 g/mol. The SMILES string of the molecule is CC12CCC(C1)C(C)(C)C2NC(=O)c1cc(C(=O)O)on1. The van der Waals surface area contributed by atoms with Crippen molar-refractivity contribution in [3.8, 4) is 0 Å². The van der Waals surface area contributed by atoms with Crippen molar-refractivity contribution < 1.29 is 19.2 Å². The third-order valence-electron chi connectivity index (χ3n) is 5.50. The zero-order chi connectivity index (χ0) is 15.4. The van der Waals surface area contributed by atoms with E-state index in [1.54, 1.807) is 0 Å². The number of nitrogens with zero attached hydrogens (tertiary/aromatic N) is 1. The molecule has 6 nitrogen and oxygen atoms in total. The molecule has 1 amide bonds. The molecule has 2 aliphatic rings. The van der Waals surface area contributed by atoms with Crippen molar-refractivity contribution in [2.45, 2.75) is 46.1 Å². The first kappa shape index (κ1) is 14.1. The Kier molecular flexibility index (Phi) is 2.90. The van der Waals surface area contributed by atoms with Crippen molar-refractivity contribution in [1.82, 2.24) is 10.5 Å². The van der Waals surface area contributed by atoms with Crippen LogP contribution in [0.15, 0.2) is 10.6 Å². The van der Waals surface area contributed by atoms with Gasteiger partial charge in [0.2, 0.25) is 5.76 Å². The van der Waals surface area contributed by atoms with E-state index in [-0.39, 0.29) is 34.2 Å².